The number of nitrogens with one attached hydrogen (secondary N) is 1. The van der Waals surface area contributed by atoms with Gasteiger partial charge in [0.2, 0.25) is 5.78 Å². The first-order valence-corrected chi connectivity index (χ1v) is 7.91. The van der Waals surface area contributed by atoms with Crippen molar-refractivity contribution in [3.8, 4) is 6.07 Å². The van der Waals surface area contributed by atoms with E-state index in [1.54, 1.807) is 18.2 Å². The van der Waals surface area contributed by atoms with Crippen LogP contribution >= 0.6 is 22.9 Å². The van der Waals surface area contributed by atoms with E-state index in [1.165, 1.54) is 23.7 Å². The van der Waals surface area contributed by atoms with Crippen molar-refractivity contribution in [3.05, 3.63) is 67.7 Å². The number of halogens is 1. The first-order chi connectivity index (χ1) is 11.5. The summed E-state index contributed by atoms with van der Waals surface area (Å²) in [5.74, 6) is -0.458. The van der Waals surface area contributed by atoms with Gasteiger partial charge in [-0.15, -0.1) is 0 Å². The number of aromatic amines is 1. The van der Waals surface area contributed by atoms with E-state index >= 15 is 0 Å². The predicted molar refractivity (Wildman–Crippen MR) is 92.2 cm³/mol. The molecule has 1 N–H and O–H groups in total. The van der Waals surface area contributed by atoms with E-state index in [1.807, 2.05) is 6.07 Å². The molecule has 1 aromatic carbocycles. The van der Waals surface area contributed by atoms with Crippen LogP contribution < -0.4 is 0 Å². The van der Waals surface area contributed by atoms with Gasteiger partial charge >= 0.3 is 5.00 Å². The number of hydrogen-bond donors (Lipinski definition) is 1. The molecule has 0 saturated carbocycles. The van der Waals surface area contributed by atoms with Crippen molar-refractivity contribution in [2.75, 3.05) is 0 Å². The Morgan fingerprint density at radius 1 is 1.42 bits per heavy atom. The van der Waals surface area contributed by atoms with Gasteiger partial charge in [-0.2, -0.15) is 5.26 Å². The first kappa shape index (κ1) is 15.9. The van der Waals surface area contributed by atoms with Crippen LogP contribution in [0.5, 0.6) is 0 Å². The summed E-state index contributed by atoms with van der Waals surface area (Å²) >= 11 is 6.85. The molecule has 0 atom stereocenters. The summed E-state index contributed by atoms with van der Waals surface area (Å²) in [7, 11) is 0. The monoisotopic (exact) mass is 357 g/mol. The van der Waals surface area contributed by atoms with Gasteiger partial charge in [0.15, 0.2) is 0 Å². The highest BCUT2D eigenvalue weighted by Crippen LogP contribution is 2.27. The summed E-state index contributed by atoms with van der Waals surface area (Å²) in [6.45, 7) is 0. The predicted octanol–water partition coefficient (Wildman–Crippen LogP) is 4.58. The van der Waals surface area contributed by atoms with Crippen LogP contribution in [0.15, 0.2) is 41.4 Å². The van der Waals surface area contributed by atoms with E-state index in [0.29, 0.717) is 27.1 Å². The van der Waals surface area contributed by atoms with Gasteiger partial charge in [0.25, 0.3) is 0 Å². The summed E-state index contributed by atoms with van der Waals surface area (Å²) < 4.78 is 0. The average Bonchev–Trinajstić information content (AvgIpc) is 3.18. The second kappa shape index (κ2) is 6.28. The molecule has 2 aromatic heterocycles. The SMILES string of the molecule is N#C/C(=C\c1csc([N+](=O)[O-])c1)C(=O)c1c[nH]c2cc(Cl)ccc12. The molecule has 8 heteroatoms. The van der Waals surface area contributed by atoms with Crippen molar-refractivity contribution in [3.63, 3.8) is 0 Å². The summed E-state index contributed by atoms with van der Waals surface area (Å²) in [6, 6.07) is 8.23. The van der Waals surface area contributed by atoms with Crippen molar-refractivity contribution < 1.29 is 9.72 Å². The van der Waals surface area contributed by atoms with Crippen LogP contribution in [0.25, 0.3) is 17.0 Å². The maximum absolute atomic E-state index is 12.6. The highest BCUT2D eigenvalue weighted by Gasteiger charge is 2.18. The van der Waals surface area contributed by atoms with Gasteiger partial charge in [-0.05, 0) is 23.8 Å². The van der Waals surface area contributed by atoms with Gasteiger partial charge in [0, 0.05) is 39.1 Å². The zero-order chi connectivity index (χ0) is 17.3. The van der Waals surface area contributed by atoms with Gasteiger partial charge < -0.3 is 4.98 Å². The summed E-state index contributed by atoms with van der Waals surface area (Å²) in [6.07, 6.45) is 2.87. The largest absolute Gasteiger partial charge is 0.360 e. The lowest BCUT2D eigenvalue weighted by Gasteiger charge is -1.98. The van der Waals surface area contributed by atoms with Gasteiger partial charge in [-0.25, -0.2) is 0 Å². The number of Topliss-reactive ketones (excluding diaryl/α,β-unsaturated/α-hetero) is 1. The normalized spacial score (nSPS) is 11.4. The number of carbonyl (C=O) groups is 1. The van der Waals surface area contributed by atoms with Gasteiger partial charge in [0.05, 0.1) is 4.92 Å². The zero-order valence-electron chi connectivity index (χ0n) is 11.9. The lowest BCUT2D eigenvalue weighted by molar-refractivity contribution is -0.380. The second-order valence-electron chi connectivity index (χ2n) is 4.87. The third-order valence-corrected chi connectivity index (χ3v) is 4.48. The number of hydrogen-bond acceptors (Lipinski definition) is 5. The van der Waals surface area contributed by atoms with Crippen molar-refractivity contribution in [1.82, 2.24) is 4.98 Å². The quantitative estimate of drug-likeness (QED) is 0.243. The number of rotatable bonds is 4. The number of allylic oxidation sites excluding steroid dienone is 1. The Kier molecular flexibility index (Phi) is 4.16. The molecule has 0 fully saturated rings. The molecule has 0 bridgehead atoms. The first-order valence-electron chi connectivity index (χ1n) is 6.65. The Morgan fingerprint density at radius 3 is 2.88 bits per heavy atom. The Hall–Kier alpha value is -2.95. The molecule has 0 aliphatic heterocycles. The van der Waals surface area contributed by atoms with Crippen LogP contribution in [-0.2, 0) is 0 Å². The van der Waals surface area contributed by atoms with Crippen molar-refractivity contribution in [2.45, 2.75) is 0 Å². The minimum Gasteiger partial charge on any atom is -0.360 e. The van der Waals surface area contributed by atoms with E-state index in [-0.39, 0.29) is 10.6 Å². The van der Waals surface area contributed by atoms with E-state index in [9.17, 15) is 20.2 Å². The van der Waals surface area contributed by atoms with Crippen molar-refractivity contribution >= 4 is 50.7 Å². The van der Waals surface area contributed by atoms with E-state index in [0.717, 1.165) is 11.3 Å². The van der Waals surface area contributed by atoms with E-state index < -0.39 is 10.7 Å². The van der Waals surface area contributed by atoms with Crippen LogP contribution in [0.4, 0.5) is 5.00 Å². The van der Waals surface area contributed by atoms with Gasteiger partial charge in [-0.3, -0.25) is 14.9 Å². The number of aromatic nitrogens is 1. The Balaban J connectivity index is 2.00. The highest BCUT2D eigenvalue weighted by atomic mass is 35.5. The molecule has 6 nitrogen and oxygen atoms in total. The molecule has 2 heterocycles. The molecule has 0 radical (unpaired) electrons. The van der Waals surface area contributed by atoms with Crippen molar-refractivity contribution in [1.29, 1.82) is 5.26 Å². The molecular formula is C16H8ClN3O3S. The topological polar surface area (TPSA) is 99.8 Å². The third kappa shape index (κ3) is 2.93. The number of carbonyl (C=O) groups excluding carboxylic acids is 1. The molecule has 0 amide bonds. The Morgan fingerprint density at radius 2 is 2.21 bits per heavy atom. The smallest absolute Gasteiger partial charge is 0.324 e. The summed E-state index contributed by atoms with van der Waals surface area (Å²) in [5.41, 5.74) is 1.38. The molecule has 0 spiro atoms. The molecule has 3 aromatic rings. The highest BCUT2D eigenvalue weighted by molar-refractivity contribution is 7.13. The third-order valence-electron chi connectivity index (χ3n) is 3.35. The molecule has 3 rings (SSSR count). The maximum Gasteiger partial charge on any atom is 0.324 e. The van der Waals surface area contributed by atoms with Crippen LogP contribution in [0.3, 0.4) is 0 Å². The maximum atomic E-state index is 12.6. The number of fused-ring (bicyclic) bond motifs is 1. The number of ketones is 1. The van der Waals surface area contributed by atoms with Crippen molar-refractivity contribution in [2.24, 2.45) is 0 Å². The molecular weight excluding hydrogens is 350 g/mol. The van der Waals surface area contributed by atoms with Gasteiger partial charge in [-0.1, -0.05) is 29.0 Å². The van der Waals surface area contributed by atoms with Gasteiger partial charge in [0.1, 0.15) is 11.6 Å². The number of thiophene rings is 1. The van der Waals surface area contributed by atoms with Crippen LogP contribution in [-0.4, -0.2) is 15.7 Å². The number of nitrogens with zero attached hydrogens (tertiary/aromatic N) is 2. The van der Waals surface area contributed by atoms with E-state index in [4.69, 9.17) is 11.6 Å². The minimum absolute atomic E-state index is 0.0484. The second-order valence-corrected chi connectivity index (χ2v) is 6.19. The molecule has 0 aliphatic rings. The molecule has 0 saturated heterocycles. The van der Waals surface area contributed by atoms with Crippen LogP contribution in [0.1, 0.15) is 15.9 Å². The Bertz CT molecular complexity index is 1040. The van der Waals surface area contributed by atoms with Crippen LogP contribution in [0.2, 0.25) is 5.02 Å². The van der Waals surface area contributed by atoms with Crippen LogP contribution in [0, 0.1) is 21.4 Å². The average molecular weight is 358 g/mol. The lowest BCUT2D eigenvalue weighted by Crippen LogP contribution is -2.00. The van der Waals surface area contributed by atoms with E-state index in [2.05, 4.69) is 4.98 Å². The fraction of sp³-hybridized carbons (Fsp3) is 0. The lowest BCUT2D eigenvalue weighted by atomic mass is 10.0. The molecule has 24 heavy (non-hydrogen) atoms. The summed E-state index contributed by atoms with van der Waals surface area (Å²) in [4.78, 5) is 25.7. The molecule has 0 unspecified atom stereocenters. The number of benzene rings is 1. The molecule has 118 valence electrons. The number of nitro groups is 1. The number of nitriles is 1. The minimum atomic E-state index is -0.515. The number of H-pyrrole nitrogens is 1. The fourth-order valence-corrected chi connectivity index (χ4v) is 3.11. The molecule has 0 aliphatic carbocycles. The fourth-order valence-electron chi connectivity index (χ4n) is 2.26. The Labute approximate surface area is 144 Å². The summed E-state index contributed by atoms with van der Waals surface area (Å²) in [5, 5.41) is 22.7. The standard InChI is InChI=1S/C16H8ClN3O3S/c17-11-1-2-12-13(7-19-14(12)5-11)16(21)10(6-18)3-9-4-15(20(22)23)24-8-9/h1-5,7-8,19H/b10-3+. The zero-order valence-corrected chi connectivity index (χ0v) is 13.5.